The third-order valence-electron chi connectivity index (χ3n) is 2.14. The second kappa shape index (κ2) is 6.24. The van der Waals surface area contributed by atoms with Crippen molar-refractivity contribution >= 4 is 41.8 Å². The number of aromatic carboxylic acids is 1. The number of furan rings is 1. The summed E-state index contributed by atoms with van der Waals surface area (Å²) in [7, 11) is -7.13. The minimum Gasteiger partial charge on any atom is -0.475 e. The molecular weight excluding hydrogens is 378 g/mol. The molecular formula is C9H12BrNO7S2. The summed E-state index contributed by atoms with van der Waals surface area (Å²) < 4.78 is 52.2. The molecule has 2 N–H and O–H groups in total. The Morgan fingerprint density at radius 3 is 2.45 bits per heavy atom. The van der Waals surface area contributed by atoms with E-state index in [0.717, 1.165) is 12.3 Å². The van der Waals surface area contributed by atoms with Gasteiger partial charge in [-0.25, -0.2) is 26.4 Å². The largest absolute Gasteiger partial charge is 0.475 e. The van der Waals surface area contributed by atoms with Gasteiger partial charge in [-0.05, 0) is 22.4 Å². The summed E-state index contributed by atoms with van der Waals surface area (Å²) in [6, 6.07) is 0.866. The molecule has 0 bridgehead atoms. The summed E-state index contributed by atoms with van der Waals surface area (Å²) >= 11 is 2.82. The molecule has 0 amide bonds. The van der Waals surface area contributed by atoms with E-state index < -0.39 is 31.6 Å². The average Bonchev–Trinajstić information content (AvgIpc) is 2.66. The van der Waals surface area contributed by atoms with E-state index in [1.807, 2.05) is 0 Å². The van der Waals surface area contributed by atoms with Crippen molar-refractivity contribution in [3.8, 4) is 0 Å². The zero-order chi connectivity index (χ0) is 15.6. The van der Waals surface area contributed by atoms with Gasteiger partial charge in [-0.2, -0.15) is 0 Å². The maximum Gasteiger partial charge on any atom is 0.371 e. The fraction of sp³-hybridized carbons (Fsp3) is 0.444. The standard InChI is InChI=1S/C9H12BrNO7S2/c1-19(14,15)4-2-3-11-20(16,17)7-5-6(9(12)13)18-8(7)10/h5,11H,2-4H2,1H3,(H,12,13). The Morgan fingerprint density at radius 2 is 2.00 bits per heavy atom. The first-order valence-corrected chi connectivity index (χ1v) is 9.56. The van der Waals surface area contributed by atoms with E-state index in [1.165, 1.54) is 0 Å². The lowest BCUT2D eigenvalue weighted by Crippen LogP contribution is -2.26. The highest BCUT2D eigenvalue weighted by molar-refractivity contribution is 9.10. The smallest absolute Gasteiger partial charge is 0.371 e. The van der Waals surface area contributed by atoms with Crippen LogP contribution in [0.4, 0.5) is 0 Å². The highest BCUT2D eigenvalue weighted by Crippen LogP contribution is 2.25. The van der Waals surface area contributed by atoms with Crippen molar-refractivity contribution in [3.63, 3.8) is 0 Å². The molecule has 1 aromatic heterocycles. The Balaban J connectivity index is 2.77. The fourth-order valence-corrected chi connectivity index (χ4v) is 3.94. The Bertz CT molecular complexity index is 705. The van der Waals surface area contributed by atoms with Gasteiger partial charge in [-0.15, -0.1) is 0 Å². The predicted molar refractivity (Wildman–Crippen MR) is 72.9 cm³/mol. The van der Waals surface area contributed by atoms with E-state index in [4.69, 9.17) is 9.52 Å². The number of sulfonamides is 1. The molecule has 0 aromatic carbocycles. The zero-order valence-corrected chi connectivity index (χ0v) is 13.5. The van der Waals surface area contributed by atoms with Crippen LogP contribution in [0.2, 0.25) is 0 Å². The molecule has 0 aliphatic heterocycles. The molecule has 11 heteroatoms. The number of hydrogen-bond donors (Lipinski definition) is 2. The number of carboxylic acid groups (broad SMARTS) is 1. The van der Waals surface area contributed by atoms with E-state index in [2.05, 4.69) is 20.7 Å². The summed E-state index contributed by atoms with van der Waals surface area (Å²) in [6.45, 7) is -0.0879. The molecule has 1 aromatic rings. The van der Waals surface area contributed by atoms with Crippen LogP contribution in [0.25, 0.3) is 0 Å². The average molecular weight is 390 g/mol. The van der Waals surface area contributed by atoms with Crippen molar-refractivity contribution < 1.29 is 31.2 Å². The number of rotatable bonds is 7. The SMILES string of the molecule is CS(=O)(=O)CCCNS(=O)(=O)c1cc(C(=O)O)oc1Br. The molecule has 1 rings (SSSR count). The topological polar surface area (TPSA) is 131 Å². The van der Waals surface area contributed by atoms with E-state index >= 15 is 0 Å². The van der Waals surface area contributed by atoms with Crippen LogP contribution in [0, 0.1) is 0 Å². The molecule has 0 saturated carbocycles. The second-order valence-corrected chi connectivity index (χ2v) is 8.65. The van der Waals surface area contributed by atoms with E-state index in [-0.39, 0.29) is 28.3 Å². The predicted octanol–water partition coefficient (Wildman–Crippen LogP) is 0.453. The first kappa shape index (κ1) is 17.1. The van der Waals surface area contributed by atoms with Crippen molar-refractivity contribution in [3.05, 3.63) is 16.5 Å². The van der Waals surface area contributed by atoms with Crippen molar-refractivity contribution in [2.75, 3.05) is 18.6 Å². The molecule has 0 aliphatic rings. The number of carbonyl (C=O) groups is 1. The van der Waals surface area contributed by atoms with Gasteiger partial charge in [0.2, 0.25) is 15.8 Å². The summed E-state index contributed by atoms with van der Waals surface area (Å²) in [5.74, 6) is -2.07. The Labute approximate surface area is 124 Å². The lowest BCUT2D eigenvalue weighted by Gasteiger charge is -2.04. The minimum atomic E-state index is -3.97. The van der Waals surface area contributed by atoms with Gasteiger partial charge < -0.3 is 9.52 Å². The normalized spacial score (nSPS) is 12.5. The number of sulfone groups is 1. The van der Waals surface area contributed by atoms with Gasteiger partial charge in [-0.1, -0.05) is 0 Å². The molecule has 0 fully saturated rings. The molecule has 8 nitrogen and oxygen atoms in total. The number of nitrogens with one attached hydrogen (secondary N) is 1. The number of halogens is 1. The lowest BCUT2D eigenvalue weighted by atomic mass is 10.5. The monoisotopic (exact) mass is 389 g/mol. The Kier molecular flexibility index (Phi) is 5.35. The Hall–Kier alpha value is -0.910. The van der Waals surface area contributed by atoms with Gasteiger partial charge in [0, 0.05) is 18.9 Å². The van der Waals surface area contributed by atoms with Crippen LogP contribution in [-0.2, 0) is 19.9 Å². The van der Waals surface area contributed by atoms with Crippen LogP contribution in [-0.4, -0.2) is 46.5 Å². The Morgan fingerprint density at radius 1 is 1.40 bits per heavy atom. The van der Waals surface area contributed by atoms with Crippen molar-refractivity contribution in [1.29, 1.82) is 0 Å². The maximum atomic E-state index is 11.9. The van der Waals surface area contributed by atoms with Crippen LogP contribution in [0.15, 0.2) is 20.0 Å². The van der Waals surface area contributed by atoms with Crippen LogP contribution in [0.5, 0.6) is 0 Å². The minimum absolute atomic E-state index is 0.0879. The summed E-state index contributed by atoms with van der Waals surface area (Å²) in [4.78, 5) is 10.3. The van der Waals surface area contributed by atoms with E-state index in [1.54, 1.807) is 0 Å². The van der Waals surface area contributed by atoms with Crippen LogP contribution >= 0.6 is 15.9 Å². The molecule has 0 radical (unpaired) electrons. The highest BCUT2D eigenvalue weighted by Gasteiger charge is 2.24. The quantitative estimate of drug-likeness (QED) is 0.647. The highest BCUT2D eigenvalue weighted by atomic mass is 79.9. The molecule has 0 saturated heterocycles. The van der Waals surface area contributed by atoms with Gasteiger partial charge >= 0.3 is 5.97 Å². The zero-order valence-electron chi connectivity index (χ0n) is 10.3. The summed E-state index contributed by atoms with van der Waals surface area (Å²) in [5, 5.41) is 8.70. The third kappa shape index (κ3) is 4.89. The van der Waals surface area contributed by atoms with Crippen LogP contribution in [0.3, 0.4) is 0 Å². The van der Waals surface area contributed by atoms with Gasteiger partial charge in [0.05, 0.1) is 5.75 Å². The molecule has 0 unspecified atom stereocenters. The van der Waals surface area contributed by atoms with E-state index in [0.29, 0.717) is 0 Å². The maximum absolute atomic E-state index is 11.9. The van der Waals surface area contributed by atoms with Crippen molar-refractivity contribution in [2.24, 2.45) is 0 Å². The van der Waals surface area contributed by atoms with Gasteiger partial charge in [0.15, 0.2) is 4.67 Å². The van der Waals surface area contributed by atoms with Crippen LogP contribution in [0.1, 0.15) is 17.0 Å². The van der Waals surface area contributed by atoms with Crippen LogP contribution < -0.4 is 4.72 Å². The molecule has 20 heavy (non-hydrogen) atoms. The van der Waals surface area contributed by atoms with Gasteiger partial charge in [0.1, 0.15) is 14.7 Å². The summed E-state index contributed by atoms with van der Waals surface area (Å²) in [5.41, 5.74) is 0. The molecule has 0 aliphatic carbocycles. The van der Waals surface area contributed by atoms with Gasteiger partial charge in [-0.3, -0.25) is 0 Å². The molecule has 0 atom stereocenters. The van der Waals surface area contributed by atoms with E-state index in [9.17, 15) is 21.6 Å². The van der Waals surface area contributed by atoms with Crippen molar-refractivity contribution in [1.82, 2.24) is 4.72 Å². The molecule has 1 heterocycles. The fourth-order valence-electron chi connectivity index (χ4n) is 1.26. The number of carboxylic acids is 1. The van der Waals surface area contributed by atoms with Gasteiger partial charge in [0.25, 0.3) is 0 Å². The first-order chi connectivity index (χ1) is 9.03. The third-order valence-corrected chi connectivity index (χ3v) is 5.49. The number of hydrogen-bond acceptors (Lipinski definition) is 6. The lowest BCUT2D eigenvalue weighted by molar-refractivity contribution is 0.0661. The summed E-state index contributed by atoms with van der Waals surface area (Å²) in [6.07, 6.45) is 1.16. The molecule has 114 valence electrons. The second-order valence-electron chi connectivity index (χ2n) is 3.93. The first-order valence-electron chi connectivity index (χ1n) is 5.23. The molecule has 0 spiro atoms. The van der Waals surface area contributed by atoms with Crippen molar-refractivity contribution in [2.45, 2.75) is 11.3 Å².